The minimum atomic E-state index is 0.879. The predicted molar refractivity (Wildman–Crippen MR) is 81.2 cm³/mol. The Balaban J connectivity index is 1.94. The Bertz CT molecular complexity index is 380. The fourth-order valence-corrected chi connectivity index (χ4v) is 3.96. The van der Waals surface area contributed by atoms with Gasteiger partial charge in [0.1, 0.15) is 17.2 Å². The summed E-state index contributed by atoms with van der Waals surface area (Å²) in [5, 5.41) is 4.38. The second-order valence-corrected chi connectivity index (χ2v) is 6.53. The highest BCUT2D eigenvalue weighted by atomic mass is 79.9. The van der Waals surface area contributed by atoms with Crippen molar-refractivity contribution in [2.75, 3.05) is 17.6 Å². The van der Waals surface area contributed by atoms with E-state index < -0.39 is 0 Å². The number of hydrogen-bond acceptors (Lipinski definition) is 4. The van der Waals surface area contributed by atoms with Crippen molar-refractivity contribution < 1.29 is 0 Å². The van der Waals surface area contributed by atoms with Gasteiger partial charge in [0, 0.05) is 12.3 Å². The number of aromatic nitrogens is 2. The highest BCUT2D eigenvalue weighted by molar-refractivity contribution is 9.10. The smallest absolute Gasteiger partial charge is 0.144 e. The van der Waals surface area contributed by atoms with Crippen LogP contribution in [-0.2, 0) is 0 Å². The standard InChI is InChI=1S/C13H20BrN3S/c1-2-7-15-12-11(14)13(17-9-16-12)18-8-10-5-3-4-6-10/h9-10H,2-8H2,1H3,(H,15,16,17). The summed E-state index contributed by atoms with van der Waals surface area (Å²) >= 11 is 5.47. The van der Waals surface area contributed by atoms with E-state index in [9.17, 15) is 0 Å². The Hall–Kier alpha value is -0.290. The molecule has 0 atom stereocenters. The lowest BCUT2D eigenvalue weighted by atomic mass is 10.1. The summed E-state index contributed by atoms with van der Waals surface area (Å²) in [6, 6.07) is 0. The summed E-state index contributed by atoms with van der Waals surface area (Å²) in [4.78, 5) is 8.65. The third-order valence-corrected chi connectivity index (χ3v) is 5.47. The number of hydrogen-bond donors (Lipinski definition) is 1. The average molecular weight is 330 g/mol. The summed E-state index contributed by atoms with van der Waals surface area (Å²) in [6.45, 7) is 3.10. The predicted octanol–water partition coefficient (Wildman–Crippen LogP) is 4.34. The van der Waals surface area contributed by atoms with Crippen molar-refractivity contribution in [3.8, 4) is 0 Å². The van der Waals surface area contributed by atoms with Gasteiger partial charge in [-0.1, -0.05) is 19.8 Å². The van der Waals surface area contributed by atoms with Gasteiger partial charge in [-0.2, -0.15) is 0 Å². The molecular formula is C13H20BrN3S. The van der Waals surface area contributed by atoms with Crippen LogP contribution in [0.25, 0.3) is 0 Å². The van der Waals surface area contributed by atoms with Gasteiger partial charge in [0.25, 0.3) is 0 Å². The summed E-state index contributed by atoms with van der Waals surface area (Å²) in [5.74, 6) is 2.98. The van der Waals surface area contributed by atoms with Gasteiger partial charge in [0.05, 0.1) is 4.47 Å². The molecule has 1 aliphatic carbocycles. The molecule has 0 aliphatic heterocycles. The molecule has 18 heavy (non-hydrogen) atoms. The number of anilines is 1. The Kier molecular flexibility index (Phi) is 5.76. The van der Waals surface area contributed by atoms with E-state index in [4.69, 9.17) is 0 Å². The van der Waals surface area contributed by atoms with Crippen molar-refractivity contribution in [2.24, 2.45) is 5.92 Å². The molecule has 0 aromatic carbocycles. The van der Waals surface area contributed by atoms with E-state index in [1.807, 2.05) is 11.8 Å². The Morgan fingerprint density at radius 1 is 1.39 bits per heavy atom. The van der Waals surface area contributed by atoms with Gasteiger partial charge in [0.2, 0.25) is 0 Å². The molecule has 0 bridgehead atoms. The maximum atomic E-state index is 4.37. The molecule has 1 heterocycles. The summed E-state index contributed by atoms with van der Waals surface area (Å²) in [6.07, 6.45) is 8.33. The number of rotatable bonds is 6. The molecule has 0 radical (unpaired) electrons. The van der Waals surface area contributed by atoms with Gasteiger partial charge in [-0.15, -0.1) is 11.8 Å². The second-order valence-electron chi connectivity index (χ2n) is 4.73. The monoisotopic (exact) mass is 329 g/mol. The van der Waals surface area contributed by atoms with Crippen LogP contribution in [0.15, 0.2) is 15.8 Å². The molecular weight excluding hydrogens is 310 g/mol. The molecule has 1 aromatic heterocycles. The lowest BCUT2D eigenvalue weighted by Gasteiger charge is -2.11. The molecule has 1 aliphatic rings. The van der Waals surface area contributed by atoms with Crippen molar-refractivity contribution in [1.82, 2.24) is 9.97 Å². The zero-order chi connectivity index (χ0) is 12.8. The Morgan fingerprint density at radius 2 is 2.17 bits per heavy atom. The van der Waals surface area contributed by atoms with Gasteiger partial charge < -0.3 is 5.32 Å². The van der Waals surface area contributed by atoms with Crippen LogP contribution >= 0.6 is 27.7 Å². The molecule has 0 spiro atoms. The first-order valence-corrected chi connectivity index (χ1v) is 8.46. The third kappa shape index (κ3) is 3.85. The molecule has 1 aromatic rings. The lowest BCUT2D eigenvalue weighted by Crippen LogP contribution is -2.04. The first-order chi connectivity index (χ1) is 8.81. The van der Waals surface area contributed by atoms with Crippen LogP contribution in [0.2, 0.25) is 0 Å². The lowest BCUT2D eigenvalue weighted by molar-refractivity contribution is 0.622. The molecule has 0 amide bonds. The largest absolute Gasteiger partial charge is 0.369 e. The molecule has 1 saturated carbocycles. The van der Waals surface area contributed by atoms with Gasteiger partial charge in [-0.05, 0) is 41.1 Å². The van der Waals surface area contributed by atoms with E-state index in [2.05, 4.69) is 38.1 Å². The van der Waals surface area contributed by atoms with Crippen molar-refractivity contribution in [3.63, 3.8) is 0 Å². The SMILES string of the molecule is CCCNc1ncnc(SCC2CCCC2)c1Br. The van der Waals surface area contributed by atoms with Gasteiger partial charge >= 0.3 is 0 Å². The van der Waals surface area contributed by atoms with Crippen molar-refractivity contribution >= 4 is 33.5 Å². The minimum Gasteiger partial charge on any atom is -0.369 e. The average Bonchev–Trinajstić information content (AvgIpc) is 2.89. The normalized spacial score (nSPS) is 16.1. The first kappa shape index (κ1) is 14.1. The van der Waals surface area contributed by atoms with Crippen LogP contribution in [0, 0.1) is 5.92 Å². The van der Waals surface area contributed by atoms with Crippen LogP contribution in [0.3, 0.4) is 0 Å². The third-order valence-electron chi connectivity index (χ3n) is 3.23. The van der Waals surface area contributed by atoms with Crippen LogP contribution in [0.4, 0.5) is 5.82 Å². The fraction of sp³-hybridized carbons (Fsp3) is 0.692. The van der Waals surface area contributed by atoms with Crippen molar-refractivity contribution in [3.05, 3.63) is 10.8 Å². The summed E-state index contributed by atoms with van der Waals surface area (Å²) < 4.78 is 1.02. The molecule has 100 valence electrons. The maximum Gasteiger partial charge on any atom is 0.144 e. The molecule has 5 heteroatoms. The van der Waals surface area contributed by atoms with E-state index >= 15 is 0 Å². The maximum absolute atomic E-state index is 4.37. The Labute approximate surface area is 122 Å². The van der Waals surface area contributed by atoms with E-state index in [1.54, 1.807) is 6.33 Å². The minimum absolute atomic E-state index is 0.879. The molecule has 1 N–H and O–H groups in total. The fourth-order valence-electron chi connectivity index (χ4n) is 2.19. The number of nitrogens with zero attached hydrogens (tertiary/aromatic N) is 2. The van der Waals surface area contributed by atoms with Crippen molar-refractivity contribution in [2.45, 2.75) is 44.1 Å². The molecule has 0 saturated heterocycles. The number of halogens is 1. The molecule has 0 unspecified atom stereocenters. The van der Waals surface area contributed by atoms with E-state index in [-0.39, 0.29) is 0 Å². The van der Waals surface area contributed by atoms with E-state index in [0.717, 1.165) is 34.2 Å². The van der Waals surface area contributed by atoms with Crippen LogP contribution in [0.1, 0.15) is 39.0 Å². The van der Waals surface area contributed by atoms with E-state index in [1.165, 1.54) is 31.4 Å². The van der Waals surface area contributed by atoms with Crippen molar-refractivity contribution in [1.29, 1.82) is 0 Å². The number of thioether (sulfide) groups is 1. The summed E-state index contributed by atoms with van der Waals surface area (Å²) in [5.41, 5.74) is 0. The Morgan fingerprint density at radius 3 is 2.89 bits per heavy atom. The van der Waals surface area contributed by atoms with E-state index in [0.29, 0.717) is 0 Å². The van der Waals surface area contributed by atoms with Crippen LogP contribution in [-0.4, -0.2) is 22.3 Å². The second kappa shape index (κ2) is 7.34. The summed E-state index contributed by atoms with van der Waals surface area (Å²) in [7, 11) is 0. The highest BCUT2D eigenvalue weighted by Gasteiger charge is 2.17. The molecule has 1 fully saturated rings. The van der Waals surface area contributed by atoms with Gasteiger partial charge in [-0.3, -0.25) is 0 Å². The van der Waals surface area contributed by atoms with Gasteiger partial charge in [0.15, 0.2) is 0 Å². The topological polar surface area (TPSA) is 37.8 Å². The first-order valence-electron chi connectivity index (χ1n) is 6.68. The zero-order valence-electron chi connectivity index (χ0n) is 10.8. The zero-order valence-corrected chi connectivity index (χ0v) is 13.2. The highest BCUT2D eigenvalue weighted by Crippen LogP contribution is 2.34. The molecule has 2 rings (SSSR count). The van der Waals surface area contributed by atoms with Crippen LogP contribution < -0.4 is 5.32 Å². The van der Waals surface area contributed by atoms with Gasteiger partial charge in [-0.25, -0.2) is 9.97 Å². The number of nitrogens with one attached hydrogen (secondary N) is 1. The van der Waals surface area contributed by atoms with Crippen LogP contribution in [0.5, 0.6) is 0 Å². The molecule has 3 nitrogen and oxygen atoms in total. The quantitative estimate of drug-likeness (QED) is 0.622.